The fourth-order valence-corrected chi connectivity index (χ4v) is 2.21. The Kier molecular flexibility index (Phi) is 3.57. The van der Waals surface area contributed by atoms with E-state index in [1.54, 1.807) is 0 Å². The van der Waals surface area contributed by atoms with Gasteiger partial charge in [-0.15, -0.1) is 0 Å². The van der Waals surface area contributed by atoms with E-state index in [1.165, 1.54) is 0 Å². The van der Waals surface area contributed by atoms with E-state index in [0.29, 0.717) is 24.7 Å². The second-order valence-corrected chi connectivity index (χ2v) is 4.74. The first-order chi connectivity index (χ1) is 9.33. The number of aromatic nitrogens is 2. The molecule has 2 heterocycles. The average Bonchev–Trinajstić information content (AvgIpc) is 3.10. The minimum atomic E-state index is -0.616. The van der Waals surface area contributed by atoms with Crippen molar-refractivity contribution in [3.8, 4) is 0 Å². The van der Waals surface area contributed by atoms with Crippen molar-refractivity contribution in [3.63, 3.8) is 0 Å². The van der Waals surface area contributed by atoms with Crippen LogP contribution < -0.4 is 0 Å². The first kappa shape index (κ1) is 12.3. The van der Waals surface area contributed by atoms with Crippen LogP contribution in [-0.4, -0.2) is 28.5 Å². The molecule has 1 saturated heterocycles. The summed E-state index contributed by atoms with van der Waals surface area (Å²) in [6.07, 6.45) is 0.652. The molecule has 0 saturated carbocycles. The topological polar surface area (TPSA) is 68.4 Å². The molecule has 0 spiro atoms. The van der Waals surface area contributed by atoms with Crippen LogP contribution >= 0.6 is 0 Å². The molecule has 5 nitrogen and oxygen atoms in total. The maximum Gasteiger partial charge on any atom is 0.229 e. The lowest BCUT2D eigenvalue weighted by atomic mass is 10.1. The van der Waals surface area contributed by atoms with E-state index in [4.69, 9.17) is 9.26 Å². The minimum absolute atomic E-state index is 0.228. The van der Waals surface area contributed by atoms with Crippen molar-refractivity contribution in [2.45, 2.75) is 24.9 Å². The molecular formula is C14H16N2O3. The van der Waals surface area contributed by atoms with E-state index < -0.39 is 6.10 Å². The lowest BCUT2D eigenvalue weighted by Gasteiger charge is -2.07. The Labute approximate surface area is 111 Å². The SMILES string of the molecule is O[C@H](Cc1nc([C@H]2CCOC2)no1)c1ccccc1. The van der Waals surface area contributed by atoms with Crippen LogP contribution in [0.2, 0.25) is 0 Å². The van der Waals surface area contributed by atoms with Gasteiger partial charge in [-0.1, -0.05) is 35.5 Å². The number of ether oxygens (including phenoxy) is 1. The van der Waals surface area contributed by atoms with Gasteiger partial charge in [-0.25, -0.2) is 0 Å². The van der Waals surface area contributed by atoms with E-state index in [0.717, 1.165) is 18.6 Å². The van der Waals surface area contributed by atoms with Gasteiger partial charge < -0.3 is 14.4 Å². The Morgan fingerprint density at radius 3 is 2.89 bits per heavy atom. The molecule has 1 fully saturated rings. The molecule has 0 radical (unpaired) electrons. The van der Waals surface area contributed by atoms with Crippen LogP contribution in [0.3, 0.4) is 0 Å². The van der Waals surface area contributed by atoms with Crippen molar-refractivity contribution in [1.29, 1.82) is 0 Å². The molecule has 0 amide bonds. The summed E-state index contributed by atoms with van der Waals surface area (Å²) in [6, 6.07) is 9.47. The van der Waals surface area contributed by atoms with E-state index in [-0.39, 0.29) is 5.92 Å². The van der Waals surface area contributed by atoms with E-state index in [2.05, 4.69) is 10.1 Å². The first-order valence-electron chi connectivity index (χ1n) is 6.46. The largest absolute Gasteiger partial charge is 0.388 e. The quantitative estimate of drug-likeness (QED) is 0.908. The Bertz CT molecular complexity index is 520. The number of rotatable bonds is 4. The molecular weight excluding hydrogens is 244 g/mol. The number of hydrogen-bond donors (Lipinski definition) is 1. The molecule has 3 rings (SSSR count). The molecule has 0 unspecified atom stereocenters. The van der Waals surface area contributed by atoms with Crippen LogP contribution in [0.25, 0.3) is 0 Å². The predicted octanol–water partition coefficient (Wildman–Crippen LogP) is 1.85. The van der Waals surface area contributed by atoms with Crippen LogP contribution in [-0.2, 0) is 11.2 Å². The summed E-state index contributed by atoms with van der Waals surface area (Å²) < 4.78 is 10.5. The molecule has 19 heavy (non-hydrogen) atoms. The monoisotopic (exact) mass is 260 g/mol. The molecule has 0 aliphatic carbocycles. The van der Waals surface area contributed by atoms with Crippen LogP contribution in [0.4, 0.5) is 0 Å². The van der Waals surface area contributed by atoms with Gasteiger partial charge in [-0.05, 0) is 12.0 Å². The smallest absolute Gasteiger partial charge is 0.229 e. The van der Waals surface area contributed by atoms with Crippen LogP contribution in [0.1, 0.15) is 35.7 Å². The number of nitrogens with zero attached hydrogens (tertiary/aromatic N) is 2. The fourth-order valence-electron chi connectivity index (χ4n) is 2.21. The Morgan fingerprint density at radius 1 is 1.32 bits per heavy atom. The number of benzene rings is 1. The van der Waals surface area contributed by atoms with Gasteiger partial charge in [0.1, 0.15) is 0 Å². The van der Waals surface area contributed by atoms with Gasteiger partial charge in [0.05, 0.1) is 19.1 Å². The zero-order chi connectivity index (χ0) is 13.1. The van der Waals surface area contributed by atoms with E-state index >= 15 is 0 Å². The Morgan fingerprint density at radius 2 is 2.16 bits per heavy atom. The first-order valence-corrected chi connectivity index (χ1v) is 6.46. The van der Waals surface area contributed by atoms with Crippen molar-refractivity contribution >= 4 is 0 Å². The van der Waals surface area contributed by atoms with E-state index in [9.17, 15) is 5.11 Å². The van der Waals surface area contributed by atoms with Crippen molar-refractivity contribution in [1.82, 2.24) is 10.1 Å². The molecule has 2 atom stereocenters. The lowest BCUT2D eigenvalue weighted by molar-refractivity contribution is 0.164. The summed E-state index contributed by atoms with van der Waals surface area (Å²) in [6.45, 7) is 1.40. The number of aliphatic hydroxyl groups is 1. The summed E-state index contributed by atoms with van der Waals surface area (Å²) in [7, 11) is 0. The molecule has 1 aromatic heterocycles. The van der Waals surface area contributed by atoms with E-state index in [1.807, 2.05) is 30.3 Å². The van der Waals surface area contributed by atoms with Gasteiger partial charge in [-0.3, -0.25) is 0 Å². The zero-order valence-corrected chi connectivity index (χ0v) is 10.5. The second kappa shape index (κ2) is 5.50. The molecule has 0 bridgehead atoms. The highest BCUT2D eigenvalue weighted by atomic mass is 16.5. The van der Waals surface area contributed by atoms with Crippen LogP contribution in [0, 0.1) is 0 Å². The van der Waals surface area contributed by atoms with Gasteiger partial charge in [0.25, 0.3) is 0 Å². The van der Waals surface area contributed by atoms with Crippen molar-refractivity contribution in [2.75, 3.05) is 13.2 Å². The molecule has 2 aromatic rings. The minimum Gasteiger partial charge on any atom is -0.388 e. The van der Waals surface area contributed by atoms with Crippen LogP contribution in [0.5, 0.6) is 0 Å². The summed E-state index contributed by atoms with van der Waals surface area (Å²) in [5.74, 6) is 1.39. The van der Waals surface area contributed by atoms with Gasteiger partial charge >= 0.3 is 0 Å². The Hall–Kier alpha value is -1.72. The van der Waals surface area contributed by atoms with Crippen molar-refractivity contribution in [2.24, 2.45) is 0 Å². The highest BCUT2D eigenvalue weighted by Crippen LogP contribution is 2.24. The number of hydrogen-bond acceptors (Lipinski definition) is 5. The second-order valence-electron chi connectivity index (χ2n) is 4.74. The standard InChI is InChI=1S/C14H16N2O3/c17-12(10-4-2-1-3-5-10)8-13-15-14(16-19-13)11-6-7-18-9-11/h1-5,11-12,17H,6-9H2/t11-,12+/m0/s1. The van der Waals surface area contributed by atoms with Crippen LogP contribution in [0.15, 0.2) is 34.9 Å². The highest BCUT2D eigenvalue weighted by Gasteiger charge is 2.23. The Balaban J connectivity index is 1.66. The predicted molar refractivity (Wildman–Crippen MR) is 67.6 cm³/mol. The van der Waals surface area contributed by atoms with Gasteiger partial charge in [0.2, 0.25) is 5.89 Å². The van der Waals surface area contributed by atoms with Crippen molar-refractivity contribution in [3.05, 3.63) is 47.6 Å². The zero-order valence-electron chi connectivity index (χ0n) is 10.5. The molecule has 1 aromatic carbocycles. The maximum absolute atomic E-state index is 10.1. The normalized spacial score (nSPS) is 20.6. The van der Waals surface area contributed by atoms with Gasteiger partial charge in [0.15, 0.2) is 5.82 Å². The van der Waals surface area contributed by atoms with Crippen molar-refractivity contribution < 1.29 is 14.4 Å². The molecule has 1 aliphatic heterocycles. The number of aliphatic hydroxyl groups excluding tert-OH is 1. The third-order valence-electron chi connectivity index (χ3n) is 3.33. The maximum atomic E-state index is 10.1. The van der Waals surface area contributed by atoms with Gasteiger partial charge in [0, 0.05) is 12.5 Å². The lowest BCUT2D eigenvalue weighted by Crippen LogP contribution is -2.03. The summed E-state index contributed by atoms with van der Waals surface area (Å²) >= 11 is 0. The third kappa shape index (κ3) is 2.83. The summed E-state index contributed by atoms with van der Waals surface area (Å²) in [5.41, 5.74) is 0.853. The summed E-state index contributed by atoms with van der Waals surface area (Å²) in [5, 5.41) is 14.1. The highest BCUT2D eigenvalue weighted by molar-refractivity contribution is 5.18. The van der Waals surface area contributed by atoms with Gasteiger partial charge in [-0.2, -0.15) is 4.98 Å². The third-order valence-corrected chi connectivity index (χ3v) is 3.33. The fraction of sp³-hybridized carbons (Fsp3) is 0.429. The molecule has 1 aliphatic rings. The molecule has 5 heteroatoms. The summed E-state index contributed by atoms with van der Waals surface area (Å²) in [4.78, 5) is 4.34. The molecule has 100 valence electrons. The molecule has 1 N–H and O–H groups in total. The average molecular weight is 260 g/mol.